The van der Waals surface area contributed by atoms with Gasteiger partial charge in [-0.2, -0.15) is 0 Å². The molecule has 3 rings (SSSR count). The molecule has 1 fully saturated rings. The van der Waals surface area contributed by atoms with E-state index in [0.717, 1.165) is 0 Å². The molecule has 0 unspecified atom stereocenters. The highest BCUT2D eigenvalue weighted by Gasteiger charge is 2.34. The molecule has 144 valence electrons. The number of methoxy groups -OCH3 is 1. The number of carbonyl (C=O) groups is 2. The summed E-state index contributed by atoms with van der Waals surface area (Å²) in [5, 5.41) is 2.60. The Morgan fingerprint density at radius 1 is 1.18 bits per heavy atom. The summed E-state index contributed by atoms with van der Waals surface area (Å²) in [5.74, 6) is 0.303. The molecule has 1 saturated heterocycles. The predicted octanol–water partition coefficient (Wildman–Crippen LogP) is 3.69. The van der Waals surface area contributed by atoms with Gasteiger partial charge in [-0.1, -0.05) is 6.07 Å². The van der Waals surface area contributed by atoms with Crippen LogP contribution in [-0.4, -0.2) is 30.6 Å². The smallest absolute Gasteiger partial charge is 0.270 e. The van der Waals surface area contributed by atoms with Gasteiger partial charge < -0.3 is 9.47 Å². The molecular formula is C20H17BrN2O4S. The monoisotopic (exact) mass is 460 g/mol. The van der Waals surface area contributed by atoms with Gasteiger partial charge >= 0.3 is 0 Å². The second-order valence-corrected chi connectivity index (χ2v) is 7.02. The highest BCUT2D eigenvalue weighted by atomic mass is 79.9. The number of rotatable bonds is 5. The van der Waals surface area contributed by atoms with Crippen LogP contribution < -0.4 is 19.7 Å². The van der Waals surface area contributed by atoms with Gasteiger partial charge in [-0.15, -0.1) is 0 Å². The third-order valence-electron chi connectivity index (χ3n) is 3.99. The van der Waals surface area contributed by atoms with Gasteiger partial charge in [0.25, 0.3) is 11.8 Å². The van der Waals surface area contributed by atoms with Crippen molar-refractivity contribution in [1.29, 1.82) is 0 Å². The quantitative estimate of drug-likeness (QED) is 0.418. The molecule has 8 heteroatoms. The van der Waals surface area contributed by atoms with Gasteiger partial charge in [0, 0.05) is 0 Å². The number of benzene rings is 2. The van der Waals surface area contributed by atoms with E-state index in [1.165, 1.54) is 11.0 Å². The molecule has 0 spiro atoms. The zero-order valence-electron chi connectivity index (χ0n) is 15.2. The molecule has 0 aliphatic carbocycles. The van der Waals surface area contributed by atoms with Crippen LogP contribution in [0.25, 0.3) is 6.08 Å². The fourth-order valence-electron chi connectivity index (χ4n) is 2.69. The molecule has 2 amide bonds. The number of halogens is 1. The van der Waals surface area contributed by atoms with Crippen molar-refractivity contribution in [3.63, 3.8) is 0 Å². The number of anilines is 1. The molecule has 0 saturated carbocycles. The first-order chi connectivity index (χ1) is 13.4. The van der Waals surface area contributed by atoms with Gasteiger partial charge in [-0.3, -0.25) is 19.8 Å². The molecule has 2 aromatic rings. The second-order valence-electron chi connectivity index (χ2n) is 5.78. The van der Waals surface area contributed by atoms with Gasteiger partial charge in [0.1, 0.15) is 17.1 Å². The van der Waals surface area contributed by atoms with Crippen LogP contribution in [0.1, 0.15) is 12.5 Å². The van der Waals surface area contributed by atoms with Crippen molar-refractivity contribution in [2.75, 3.05) is 18.6 Å². The number of nitrogens with one attached hydrogen (secondary N) is 1. The van der Waals surface area contributed by atoms with E-state index < -0.39 is 11.8 Å². The van der Waals surface area contributed by atoms with E-state index in [4.69, 9.17) is 21.7 Å². The number of hydrogen-bond acceptors (Lipinski definition) is 5. The summed E-state index contributed by atoms with van der Waals surface area (Å²) in [4.78, 5) is 26.7. The van der Waals surface area contributed by atoms with E-state index in [1.807, 2.05) is 6.92 Å². The third-order valence-corrected chi connectivity index (χ3v) is 4.90. The summed E-state index contributed by atoms with van der Waals surface area (Å²) in [6.45, 7) is 2.43. The fraction of sp³-hybridized carbons (Fsp3) is 0.150. The normalized spacial score (nSPS) is 15.6. The Bertz CT molecular complexity index is 973. The van der Waals surface area contributed by atoms with Gasteiger partial charge in [0.05, 0.1) is 23.9 Å². The van der Waals surface area contributed by atoms with Gasteiger partial charge in [-0.05, 0) is 83.1 Å². The minimum absolute atomic E-state index is 0.0143. The summed E-state index contributed by atoms with van der Waals surface area (Å²) in [7, 11) is 1.56. The second kappa shape index (κ2) is 8.53. The molecule has 6 nitrogen and oxygen atoms in total. The van der Waals surface area contributed by atoms with Crippen LogP contribution in [0.5, 0.6) is 11.5 Å². The first kappa shape index (κ1) is 20.0. The lowest BCUT2D eigenvalue weighted by atomic mass is 10.1. The van der Waals surface area contributed by atoms with Gasteiger partial charge in [-0.25, -0.2) is 0 Å². The Morgan fingerprint density at radius 2 is 1.89 bits per heavy atom. The average molecular weight is 461 g/mol. The molecule has 0 bridgehead atoms. The predicted molar refractivity (Wildman–Crippen MR) is 115 cm³/mol. The molecule has 2 aromatic carbocycles. The summed E-state index contributed by atoms with van der Waals surface area (Å²) >= 11 is 8.61. The highest BCUT2D eigenvalue weighted by Crippen LogP contribution is 2.28. The number of ether oxygens (including phenoxy) is 2. The Labute approximate surface area is 176 Å². The summed E-state index contributed by atoms with van der Waals surface area (Å²) < 4.78 is 11.3. The lowest BCUT2D eigenvalue weighted by Crippen LogP contribution is -2.54. The average Bonchev–Trinajstić information content (AvgIpc) is 2.67. The maximum absolute atomic E-state index is 13.0. The summed E-state index contributed by atoms with van der Waals surface area (Å²) in [6, 6.07) is 12.2. The molecular weight excluding hydrogens is 444 g/mol. The zero-order chi connectivity index (χ0) is 20.3. The topological polar surface area (TPSA) is 67.9 Å². The number of hydrogen-bond donors (Lipinski definition) is 1. The van der Waals surface area contributed by atoms with Crippen LogP contribution in [0.15, 0.2) is 52.5 Å². The first-order valence-electron chi connectivity index (χ1n) is 8.42. The summed E-state index contributed by atoms with van der Waals surface area (Å²) in [6.07, 6.45) is 1.52. The molecule has 1 heterocycles. The van der Waals surface area contributed by atoms with E-state index in [9.17, 15) is 9.59 Å². The minimum atomic E-state index is -0.538. The number of nitrogens with zero attached hydrogens (tertiary/aromatic N) is 1. The van der Waals surface area contributed by atoms with Crippen LogP contribution in [0.2, 0.25) is 0 Å². The van der Waals surface area contributed by atoms with E-state index in [-0.39, 0.29) is 10.7 Å². The van der Waals surface area contributed by atoms with Crippen molar-refractivity contribution in [3.8, 4) is 11.5 Å². The largest absolute Gasteiger partial charge is 0.496 e. The van der Waals surface area contributed by atoms with E-state index in [0.29, 0.717) is 33.8 Å². The Hall–Kier alpha value is -2.71. The van der Waals surface area contributed by atoms with Crippen molar-refractivity contribution < 1.29 is 19.1 Å². The minimum Gasteiger partial charge on any atom is -0.496 e. The highest BCUT2D eigenvalue weighted by molar-refractivity contribution is 9.10. The fourth-order valence-corrected chi connectivity index (χ4v) is 3.53. The maximum atomic E-state index is 13.0. The van der Waals surface area contributed by atoms with Crippen molar-refractivity contribution in [2.45, 2.75) is 6.92 Å². The van der Waals surface area contributed by atoms with Crippen LogP contribution in [0.4, 0.5) is 5.69 Å². The Kier molecular flexibility index (Phi) is 6.11. The van der Waals surface area contributed by atoms with E-state index in [2.05, 4.69) is 21.2 Å². The van der Waals surface area contributed by atoms with Crippen molar-refractivity contribution in [1.82, 2.24) is 5.32 Å². The van der Waals surface area contributed by atoms with Crippen LogP contribution in [-0.2, 0) is 9.59 Å². The van der Waals surface area contributed by atoms with Gasteiger partial charge in [0.2, 0.25) is 0 Å². The van der Waals surface area contributed by atoms with Crippen LogP contribution in [0, 0.1) is 0 Å². The number of carbonyl (C=O) groups excluding carboxylic acids is 2. The van der Waals surface area contributed by atoms with Crippen LogP contribution in [0.3, 0.4) is 0 Å². The lowest BCUT2D eigenvalue weighted by Gasteiger charge is -2.29. The molecule has 0 aromatic heterocycles. The maximum Gasteiger partial charge on any atom is 0.270 e. The molecule has 1 N–H and O–H groups in total. The molecule has 1 aliphatic heterocycles. The zero-order valence-corrected chi connectivity index (χ0v) is 17.6. The van der Waals surface area contributed by atoms with Crippen LogP contribution >= 0.6 is 28.1 Å². The number of amides is 2. The lowest BCUT2D eigenvalue weighted by molar-refractivity contribution is -0.122. The molecule has 0 radical (unpaired) electrons. The molecule has 0 atom stereocenters. The Balaban J connectivity index is 1.94. The summed E-state index contributed by atoms with van der Waals surface area (Å²) in [5.41, 5.74) is 1.20. The van der Waals surface area contributed by atoms with Crippen molar-refractivity contribution >= 4 is 56.8 Å². The van der Waals surface area contributed by atoms with E-state index >= 15 is 0 Å². The van der Waals surface area contributed by atoms with E-state index in [1.54, 1.807) is 49.6 Å². The standard InChI is InChI=1S/C20H17BrN2O4S/c1-3-27-14-7-5-13(6-8-14)23-19(25)15(18(24)22-20(23)28)10-12-4-9-17(26-2)16(21)11-12/h4-11H,3H2,1-2H3,(H,22,24,28). The SMILES string of the molecule is CCOc1ccc(N2C(=O)C(=Cc3ccc(OC)c(Br)c3)C(=O)NC2=S)cc1. The van der Waals surface area contributed by atoms with Crippen molar-refractivity contribution in [3.05, 3.63) is 58.1 Å². The Morgan fingerprint density at radius 3 is 2.50 bits per heavy atom. The first-order valence-corrected chi connectivity index (χ1v) is 9.62. The number of thiocarbonyl (C=S) groups is 1. The molecule has 1 aliphatic rings. The van der Waals surface area contributed by atoms with Crippen molar-refractivity contribution in [2.24, 2.45) is 0 Å². The van der Waals surface area contributed by atoms with Gasteiger partial charge in [0.15, 0.2) is 5.11 Å². The molecule has 28 heavy (non-hydrogen) atoms. The third kappa shape index (κ3) is 4.07.